The van der Waals surface area contributed by atoms with E-state index in [1.807, 2.05) is 6.07 Å². The van der Waals surface area contributed by atoms with Crippen LogP contribution in [0.3, 0.4) is 0 Å². The lowest BCUT2D eigenvalue weighted by atomic mass is 10.2. The van der Waals surface area contributed by atoms with Gasteiger partial charge in [0.05, 0.1) is 5.25 Å². The lowest BCUT2D eigenvalue weighted by Gasteiger charge is -2.14. The van der Waals surface area contributed by atoms with Crippen LogP contribution in [0.2, 0.25) is 0 Å². The summed E-state index contributed by atoms with van der Waals surface area (Å²) in [5.74, 6) is -0.208. The first-order chi connectivity index (χ1) is 8.53. The number of phenols is 1. The van der Waals surface area contributed by atoms with Gasteiger partial charge in [-0.15, -0.1) is 0 Å². The second-order valence-electron chi connectivity index (χ2n) is 4.07. The third kappa shape index (κ3) is 2.24. The number of para-hydroxylation sites is 1. The molecule has 1 N–H and O–H groups in total. The van der Waals surface area contributed by atoms with Crippen molar-refractivity contribution in [3.8, 4) is 5.75 Å². The van der Waals surface area contributed by atoms with Crippen molar-refractivity contribution in [2.24, 2.45) is 0 Å². The number of sulfone groups is 1. The highest BCUT2D eigenvalue weighted by molar-refractivity contribution is 7.91. The van der Waals surface area contributed by atoms with Gasteiger partial charge in [-0.2, -0.15) is 0 Å². The van der Waals surface area contributed by atoms with Crippen molar-refractivity contribution in [1.29, 1.82) is 0 Å². The van der Waals surface area contributed by atoms with Gasteiger partial charge in [0.25, 0.3) is 0 Å². The zero-order valence-electron chi connectivity index (χ0n) is 9.95. The van der Waals surface area contributed by atoms with Crippen LogP contribution in [0.15, 0.2) is 59.5 Å². The molecule has 2 aromatic carbocycles. The molecule has 0 aliphatic carbocycles. The Morgan fingerprint density at radius 2 is 1.50 bits per heavy atom. The average molecular weight is 262 g/mol. The van der Waals surface area contributed by atoms with Crippen LogP contribution in [0.4, 0.5) is 0 Å². The minimum Gasteiger partial charge on any atom is -0.507 e. The Hall–Kier alpha value is -1.81. The molecule has 0 aliphatic heterocycles. The van der Waals surface area contributed by atoms with Gasteiger partial charge >= 0.3 is 0 Å². The van der Waals surface area contributed by atoms with E-state index in [1.54, 1.807) is 43.3 Å². The van der Waals surface area contributed by atoms with E-state index in [0.717, 1.165) is 0 Å². The van der Waals surface area contributed by atoms with E-state index in [-0.39, 0.29) is 10.6 Å². The number of hydrogen-bond donors (Lipinski definition) is 1. The molecule has 1 unspecified atom stereocenters. The van der Waals surface area contributed by atoms with Crippen molar-refractivity contribution in [3.05, 3.63) is 60.2 Å². The molecule has 0 fully saturated rings. The zero-order chi connectivity index (χ0) is 13.2. The summed E-state index contributed by atoms with van der Waals surface area (Å²) in [7, 11) is -3.57. The molecule has 0 saturated carbocycles. The van der Waals surface area contributed by atoms with Crippen LogP contribution in [-0.4, -0.2) is 13.5 Å². The number of rotatable bonds is 3. The number of aromatic hydroxyl groups is 1. The standard InChI is InChI=1S/C14H14O3S/c1-11(12-7-3-2-4-8-12)18(16,17)14-10-6-5-9-13(14)15/h2-11,15H,1H3. The molecule has 0 bridgehead atoms. The Kier molecular flexibility index (Phi) is 3.39. The summed E-state index contributed by atoms with van der Waals surface area (Å²) in [6.45, 7) is 1.62. The fourth-order valence-electron chi connectivity index (χ4n) is 1.79. The van der Waals surface area contributed by atoms with Gasteiger partial charge < -0.3 is 5.11 Å². The third-order valence-electron chi connectivity index (χ3n) is 2.91. The zero-order valence-corrected chi connectivity index (χ0v) is 10.8. The maximum Gasteiger partial charge on any atom is 0.188 e. The first-order valence-electron chi connectivity index (χ1n) is 5.60. The molecule has 0 radical (unpaired) electrons. The van der Waals surface area contributed by atoms with Gasteiger partial charge in [0.1, 0.15) is 10.6 Å². The topological polar surface area (TPSA) is 54.4 Å². The largest absolute Gasteiger partial charge is 0.507 e. The first kappa shape index (κ1) is 12.6. The summed E-state index contributed by atoms with van der Waals surface area (Å²) >= 11 is 0. The lowest BCUT2D eigenvalue weighted by molar-refractivity contribution is 0.458. The molecule has 0 saturated heterocycles. The van der Waals surface area contributed by atoms with Crippen LogP contribution >= 0.6 is 0 Å². The second-order valence-corrected chi connectivity index (χ2v) is 6.30. The van der Waals surface area contributed by atoms with Crippen molar-refractivity contribution in [2.45, 2.75) is 17.1 Å². The van der Waals surface area contributed by atoms with Gasteiger partial charge in [-0.25, -0.2) is 8.42 Å². The van der Waals surface area contributed by atoms with E-state index in [2.05, 4.69) is 0 Å². The molecule has 1 atom stereocenters. The summed E-state index contributed by atoms with van der Waals surface area (Å²) < 4.78 is 24.8. The van der Waals surface area contributed by atoms with E-state index in [9.17, 15) is 13.5 Å². The van der Waals surface area contributed by atoms with Crippen LogP contribution in [0.5, 0.6) is 5.75 Å². The Morgan fingerprint density at radius 3 is 2.11 bits per heavy atom. The summed E-state index contributed by atoms with van der Waals surface area (Å²) in [6.07, 6.45) is 0. The number of hydrogen-bond acceptors (Lipinski definition) is 3. The maximum atomic E-state index is 12.4. The summed E-state index contributed by atoms with van der Waals surface area (Å²) in [5.41, 5.74) is 0.709. The van der Waals surface area contributed by atoms with Crippen molar-refractivity contribution in [1.82, 2.24) is 0 Å². The Morgan fingerprint density at radius 1 is 0.944 bits per heavy atom. The average Bonchev–Trinajstić information content (AvgIpc) is 2.39. The van der Waals surface area contributed by atoms with E-state index in [4.69, 9.17) is 0 Å². The van der Waals surface area contributed by atoms with Crippen molar-refractivity contribution >= 4 is 9.84 Å². The minimum absolute atomic E-state index is 0.0265. The molecule has 0 aromatic heterocycles. The molecule has 0 aliphatic rings. The first-order valence-corrected chi connectivity index (χ1v) is 7.15. The SMILES string of the molecule is CC(c1ccccc1)S(=O)(=O)c1ccccc1O. The molecule has 2 rings (SSSR count). The molecule has 4 heteroatoms. The smallest absolute Gasteiger partial charge is 0.188 e. The van der Waals surface area contributed by atoms with Crippen molar-refractivity contribution in [3.63, 3.8) is 0 Å². The monoisotopic (exact) mass is 262 g/mol. The molecule has 3 nitrogen and oxygen atoms in total. The van der Waals surface area contributed by atoms with Gasteiger partial charge in [-0.05, 0) is 24.6 Å². The van der Waals surface area contributed by atoms with E-state index < -0.39 is 15.1 Å². The van der Waals surface area contributed by atoms with Gasteiger partial charge in [0, 0.05) is 0 Å². The Bertz CT molecular complexity index is 633. The van der Waals surface area contributed by atoms with Crippen LogP contribution < -0.4 is 0 Å². The maximum absolute atomic E-state index is 12.4. The normalized spacial score (nSPS) is 13.2. The van der Waals surface area contributed by atoms with E-state index >= 15 is 0 Å². The summed E-state index contributed by atoms with van der Waals surface area (Å²) in [4.78, 5) is -0.0265. The predicted molar refractivity (Wildman–Crippen MR) is 70.1 cm³/mol. The Labute approximate surface area is 107 Å². The van der Waals surface area contributed by atoms with Gasteiger partial charge in [0.2, 0.25) is 0 Å². The molecule has 0 amide bonds. The summed E-state index contributed by atoms with van der Waals surface area (Å²) in [6, 6.07) is 15.0. The highest BCUT2D eigenvalue weighted by atomic mass is 32.2. The minimum atomic E-state index is -3.57. The molecule has 0 spiro atoms. The van der Waals surface area contributed by atoms with Gasteiger partial charge in [-0.1, -0.05) is 42.5 Å². The van der Waals surface area contributed by atoms with Crippen molar-refractivity contribution in [2.75, 3.05) is 0 Å². The second kappa shape index (κ2) is 4.82. The molecule has 18 heavy (non-hydrogen) atoms. The molecular weight excluding hydrogens is 248 g/mol. The highest BCUT2D eigenvalue weighted by Gasteiger charge is 2.26. The van der Waals surface area contributed by atoms with E-state index in [0.29, 0.717) is 5.56 Å². The van der Waals surface area contributed by atoms with E-state index in [1.165, 1.54) is 12.1 Å². The fourth-order valence-corrected chi connectivity index (χ4v) is 3.32. The number of phenolic OH excluding ortho intramolecular Hbond substituents is 1. The molecule has 2 aromatic rings. The van der Waals surface area contributed by atoms with Crippen LogP contribution in [0, 0.1) is 0 Å². The van der Waals surface area contributed by atoms with Crippen LogP contribution in [0.1, 0.15) is 17.7 Å². The Balaban J connectivity index is 2.48. The third-order valence-corrected chi connectivity index (χ3v) is 5.07. The van der Waals surface area contributed by atoms with Crippen LogP contribution in [-0.2, 0) is 9.84 Å². The van der Waals surface area contributed by atoms with Gasteiger partial charge in [-0.3, -0.25) is 0 Å². The molecular formula is C14H14O3S. The molecule has 0 heterocycles. The fraction of sp³-hybridized carbons (Fsp3) is 0.143. The number of benzene rings is 2. The van der Waals surface area contributed by atoms with Gasteiger partial charge in [0.15, 0.2) is 9.84 Å². The molecule has 94 valence electrons. The quantitative estimate of drug-likeness (QED) is 0.925. The lowest BCUT2D eigenvalue weighted by Crippen LogP contribution is -2.10. The predicted octanol–water partition coefficient (Wildman–Crippen LogP) is 2.93. The highest BCUT2D eigenvalue weighted by Crippen LogP contribution is 2.32. The van der Waals surface area contributed by atoms with Crippen molar-refractivity contribution < 1.29 is 13.5 Å². The van der Waals surface area contributed by atoms with Crippen LogP contribution in [0.25, 0.3) is 0 Å². The summed E-state index contributed by atoms with van der Waals surface area (Å²) in [5, 5.41) is 8.97.